The first-order valence-corrected chi connectivity index (χ1v) is 3.49. The lowest BCUT2D eigenvalue weighted by Crippen LogP contribution is -1.64. The monoisotopic (exact) mass is 122 g/mol. The van der Waals surface area contributed by atoms with E-state index in [1.807, 2.05) is 13.0 Å². The van der Waals surface area contributed by atoms with Gasteiger partial charge in [0.15, 0.2) is 0 Å². The largest absolute Gasteiger partial charge is 0.102 e. The summed E-state index contributed by atoms with van der Waals surface area (Å²) in [6.45, 7) is 4.05. The minimum atomic E-state index is 1.17. The molecule has 0 aromatic carbocycles. The molecule has 0 saturated heterocycles. The Labute approximate surface area is 58.0 Å². The Morgan fingerprint density at radius 3 is 2.78 bits per heavy atom. The second-order valence-electron chi connectivity index (χ2n) is 1.94. The van der Waals surface area contributed by atoms with Crippen molar-refractivity contribution in [1.82, 2.24) is 0 Å². The molecular formula is C9H14. The highest BCUT2D eigenvalue weighted by molar-refractivity contribution is 5.13. The van der Waals surface area contributed by atoms with Crippen LogP contribution in [0.1, 0.15) is 33.1 Å². The van der Waals surface area contributed by atoms with Crippen molar-refractivity contribution in [3.8, 4) is 11.8 Å². The molecule has 0 aliphatic rings. The molecule has 0 heterocycles. The zero-order valence-electron chi connectivity index (χ0n) is 6.28. The Hall–Kier alpha value is -0.700. The predicted octanol–water partition coefficient (Wildman–Crippen LogP) is 2.76. The minimum Gasteiger partial charge on any atom is -0.102 e. The molecule has 0 unspecified atom stereocenters. The average Bonchev–Trinajstić information content (AvgIpc) is 1.89. The van der Waals surface area contributed by atoms with E-state index in [2.05, 4.69) is 24.8 Å². The van der Waals surface area contributed by atoms with E-state index < -0.39 is 0 Å². The van der Waals surface area contributed by atoms with E-state index >= 15 is 0 Å². The van der Waals surface area contributed by atoms with Gasteiger partial charge in [0.1, 0.15) is 0 Å². The fourth-order valence-corrected chi connectivity index (χ4v) is 0.548. The van der Waals surface area contributed by atoms with Crippen molar-refractivity contribution < 1.29 is 0 Å². The lowest BCUT2D eigenvalue weighted by Gasteiger charge is -1.83. The Morgan fingerprint density at radius 1 is 1.44 bits per heavy atom. The molecule has 0 atom stereocenters. The van der Waals surface area contributed by atoms with Crippen molar-refractivity contribution >= 4 is 0 Å². The molecule has 0 rings (SSSR count). The lowest BCUT2D eigenvalue weighted by atomic mass is 10.2. The summed E-state index contributed by atoms with van der Waals surface area (Å²) in [5.74, 6) is 5.68. The maximum Gasteiger partial charge on any atom is -0.00235 e. The van der Waals surface area contributed by atoms with Crippen LogP contribution < -0.4 is 0 Å². The normalized spacial score (nSPS) is 9.11. The fourth-order valence-electron chi connectivity index (χ4n) is 0.548. The molecule has 9 heavy (non-hydrogen) atoms. The van der Waals surface area contributed by atoms with Crippen LogP contribution in [0.15, 0.2) is 12.2 Å². The van der Waals surface area contributed by atoms with Gasteiger partial charge in [-0.05, 0) is 19.4 Å². The lowest BCUT2D eigenvalue weighted by molar-refractivity contribution is 0.815. The minimum absolute atomic E-state index is 1.17. The van der Waals surface area contributed by atoms with Crippen LogP contribution in [0.4, 0.5) is 0 Å². The Balaban J connectivity index is 3.11. The van der Waals surface area contributed by atoms with Gasteiger partial charge in [-0.25, -0.2) is 0 Å². The summed E-state index contributed by atoms with van der Waals surface area (Å²) in [6.07, 6.45) is 7.77. The highest BCUT2D eigenvalue weighted by Crippen LogP contribution is 1.93. The summed E-state index contributed by atoms with van der Waals surface area (Å²) in [6, 6.07) is 0. The first-order chi connectivity index (χ1) is 4.41. The van der Waals surface area contributed by atoms with Crippen LogP contribution in [-0.2, 0) is 0 Å². The maximum atomic E-state index is 2.88. The van der Waals surface area contributed by atoms with Gasteiger partial charge in [0.05, 0.1) is 0 Å². The average molecular weight is 122 g/mol. The van der Waals surface area contributed by atoms with Crippen molar-refractivity contribution in [2.75, 3.05) is 0 Å². The van der Waals surface area contributed by atoms with E-state index in [4.69, 9.17) is 0 Å². The van der Waals surface area contributed by atoms with Crippen molar-refractivity contribution in [3.05, 3.63) is 12.2 Å². The standard InChI is InChI=1S/C9H14/c1-3-5-7-9-8-6-4-2/h8-9H,3,5,7H2,1-2H3. The summed E-state index contributed by atoms with van der Waals surface area (Å²) < 4.78 is 0. The zero-order valence-corrected chi connectivity index (χ0v) is 6.28. The second-order valence-corrected chi connectivity index (χ2v) is 1.94. The van der Waals surface area contributed by atoms with Crippen LogP contribution in [0.25, 0.3) is 0 Å². The van der Waals surface area contributed by atoms with Gasteiger partial charge in [0.25, 0.3) is 0 Å². The first kappa shape index (κ1) is 8.30. The Morgan fingerprint density at radius 2 is 2.22 bits per heavy atom. The van der Waals surface area contributed by atoms with Gasteiger partial charge in [-0.3, -0.25) is 0 Å². The summed E-state index contributed by atoms with van der Waals surface area (Å²) in [5, 5.41) is 0. The van der Waals surface area contributed by atoms with E-state index in [0.717, 1.165) is 0 Å². The van der Waals surface area contributed by atoms with Crippen LogP contribution in [0, 0.1) is 11.8 Å². The predicted molar refractivity (Wildman–Crippen MR) is 42.1 cm³/mol. The molecule has 0 heteroatoms. The highest BCUT2D eigenvalue weighted by atomic mass is 13.8. The number of hydrogen-bond acceptors (Lipinski definition) is 0. The van der Waals surface area contributed by atoms with E-state index in [1.54, 1.807) is 0 Å². The summed E-state index contributed by atoms with van der Waals surface area (Å²) in [5.41, 5.74) is 0. The molecule has 0 N–H and O–H groups in total. The van der Waals surface area contributed by atoms with E-state index in [-0.39, 0.29) is 0 Å². The Bertz CT molecular complexity index is 121. The van der Waals surface area contributed by atoms with Crippen molar-refractivity contribution in [3.63, 3.8) is 0 Å². The molecule has 0 fully saturated rings. The molecule has 0 aliphatic carbocycles. The summed E-state index contributed by atoms with van der Waals surface area (Å²) >= 11 is 0. The van der Waals surface area contributed by atoms with Crippen molar-refractivity contribution in [1.29, 1.82) is 0 Å². The van der Waals surface area contributed by atoms with Crippen molar-refractivity contribution in [2.45, 2.75) is 33.1 Å². The number of allylic oxidation sites excluding steroid dienone is 2. The molecule has 0 aliphatic heterocycles. The number of rotatable bonds is 3. The maximum absolute atomic E-state index is 2.88. The third kappa shape index (κ3) is 7.30. The molecule has 0 aromatic heterocycles. The number of unbranched alkanes of at least 4 members (excludes halogenated alkanes) is 2. The molecule has 0 saturated carbocycles. The van der Waals surface area contributed by atoms with Gasteiger partial charge >= 0.3 is 0 Å². The van der Waals surface area contributed by atoms with Gasteiger partial charge in [-0.1, -0.05) is 31.8 Å². The van der Waals surface area contributed by atoms with Crippen LogP contribution in [0.5, 0.6) is 0 Å². The SMILES string of the molecule is CC#CC=CCCCC. The molecular weight excluding hydrogens is 108 g/mol. The zero-order chi connectivity index (χ0) is 6.95. The van der Waals surface area contributed by atoms with Gasteiger partial charge < -0.3 is 0 Å². The third-order valence-electron chi connectivity index (χ3n) is 1.07. The van der Waals surface area contributed by atoms with Gasteiger partial charge in [0, 0.05) is 0 Å². The smallest absolute Gasteiger partial charge is 0.00235 e. The quantitative estimate of drug-likeness (QED) is 0.399. The third-order valence-corrected chi connectivity index (χ3v) is 1.07. The van der Waals surface area contributed by atoms with Crippen LogP contribution in [0.2, 0.25) is 0 Å². The molecule has 0 bridgehead atoms. The molecule has 0 amide bonds. The van der Waals surface area contributed by atoms with Crippen LogP contribution in [0.3, 0.4) is 0 Å². The number of hydrogen-bond donors (Lipinski definition) is 0. The van der Waals surface area contributed by atoms with Crippen LogP contribution in [-0.4, -0.2) is 0 Å². The highest BCUT2D eigenvalue weighted by Gasteiger charge is 1.74. The van der Waals surface area contributed by atoms with Crippen molar-refractivity contribution in [2.24, 2.45) is 0 Å². The topological polar surface area (TPSA) is 0 Å². The fraction of sp³-hybridized carbons (Fsp3) is 0.556. The second kappa shape index (κ2) is 7.30. The van der Waals surface area contributed by atoms with Gasteiger partial charge in [-0.2, -0.15) is 0 Å². The summed E-state index contributed by atoms with van der Waals surface area (Å²) in [7, 11) is 0. The van der Waals surface area contributed by atoms with Gasteiger partial charge in [0.2, 0.25) is 0 Å². The molecule has 0 radical (unpaired) electrons. The summed E-state index contributed by atoms with van der Waals surface area (Å²) in [4.78, 5) is 0. The molecule has 50 valence electrons. The van der Waals surface area contributed by atoms with E-state index in [1.165, 1.54) is 19.3 Å². The van der Waals surface area contributed by atoms with E-state index in [0.29, 0.717) is 0 Å². The van der Waals surface area contributed by atoms with Crippen LogP contribution >= 0.6 is 0 Å². The molecule has 0 nitrogen and oxygen atoms in total. The van der Waals surface area contributed by atoms with Gasteiger partial charge in [-0.15, -0.1) is 5.92 Å². The molecule has 0 spiro atoms. The molecule has 0 aromatic rings. The Kier molecular flexibility index (Phi) is 6.73. The van der Waals surface area contributed by atoms with E-state index in [9.17, 15) is 0 Å². The first-order valence-electron chi connectivity index (χ1n) is 3.49.